The quantitative estimate of drug-likeness (QED) is 0.469. The number of carboxylic acid groups (broad SMARTS) is 1. The van der Waals surface area contributed by atoms with Crippen LogP contribution in [-0.4, -0.2) is 23.7 Å². The Balaban J connectivity index is 0. The average Bonchev–Trinajstić information content (AvgIpc) is 2.15. The normalized spacial score (nSPS) is 23.8. The molecule has 0 radical (unpaired) electrons. The van der Waals surface area contributed by atoms with Gasteiger partial charge in [-0.3, -0.25) is 4.79 Å². The Bertz CT molecular complexity index is 117. The first-order valence-electron chi connectivity index (χ1n) is 3.24. The zero-order valence-electron chi connectivity index (χ0n) is 6.64. The molecule has 2 N–H and O–H groups in total. The van der Waals surface area contributed by atoms with Crippen molar-refractivity contribution < 1.29 is 23.7 Å². The number of hydrogen-bond acceptors (Lipinski definition) is 2. The van der Waals surface area contributed by atoms with E-state index in [0.717, 1.165) is 19.4 Å². The topological polar surface area (TPSA) is 49.3 Å². The number of hydrogen-bond donors (Lipinski definition) is 2. The van der Waals surface area contributed by atoms with Crippen LogP contribution in [0.1, 0.15) is 20.7 Å². The number of carbonyl (C=O) groups is 1. The number of carboxylic acids is 1. The average molecular weight is 166 g/mol. The van der Waals surface area contributed by atoms with Crippen molar-refractivity contribution >= 4 is 5.97 Å². The Morgan fingerprint density at radius 3 is 2.90 bits per heavy atom. The molecule has 1 rings (SSSR count). The maximum atomic E-state index is 10.1. The molecule has 60 valence electrons. The van der Waals surface area contributed by atoms with E-state index in [0.29, 0.717) is 0 Å². The smallest absolute Gasteiger partial charge is 1.00 e. The highest BCUT2D eigenvalue weighted by Gasteiger charge is 2.16. The predicted molar refractivity (Wildman–Crippen MR) is 34.4 cm³/mol. The summed E-state index contributed by atoms with van der Waals surface area (Å²) in [6, 6.07) is 0.238. The highest BCUT2D eigenvalue weighted by atomic mass is 35.5. The van der Waals surface area contributed by atoms with Gasteiger partial charge in [-0.15, -0.1) is 0 Å². The molecule has 1 saturated heterocycles. The van der Waals surface area contributed by atoms with Crippen LogP contribution in [0.5, 0.6) is 0 Å². The van der Waals surface area contributed by atoms with E-state index in [1.165, 1.54) is 0 Å². The van der Waals surface area contributed by atoms with Crippen molar-refractivity contribution in [1.82, 2.24) is 5.32 Å². The number of halogens is 1. The molecule has 0 saturated carbocycles. The van der Waals surface area contributed by atoms with Crippen LogP contribution in [0.2, 0.25) is 0 Å². The molecular formula is C6H12ClNO2. The van der Waals surface area contributed by atoms with Gasteiger partial charge < -0.3 is 22.8 Å². The third-order valence-corrected chi connectivity index (χ3v) is 1.58. The zero-order valence-corrected chi connectivity index (χ0v) is 6.40. The molecule has 1 aliphatic rings. The first-order valence-corrected chi connectivity index (χ1v) is 3.24. The van der Waals surface area contributed by atoms with Crippen LogP contribution >= 0.6 is 0 Å². The molecule has 10 heavy (non-hydrogen) atoms. The minimum absolute atomic E-state index is 0. The van der Waals surface area contributed by atoms with Gasteiger partial charge in [0.1, 0.15) is 0 Å². The van der Waals surface area contributed by atoms with Crippen molar-refractivity contribution in [1.29, 1.82) is 0 Å². The van der Waals surface area contributed by atoms with Gasteiger partial charge in [0.25, 0.3) is 0 Å². The first-order chi connectivity index (χ1) is 4.29. The highest BCUT2D eigenvalue weighted by molar-refractivity contribution is 5.67. The summed E-state index contributed by atoms with van der Waals surface area (Å²) in [6.07, 6.45) is 2.42. The van der Waals surface area contributed by atoms with E-state index in [-0.39, 0.29) is 26.3 Å². The van der Waals surface area contributed by atoms with Crippen LogP contribution in [0, 0.1) is 0 Å². The Kier molecular flexibility index (Phi) is 4.40. The van der Waals surface area contributed by atoms with Gasteiger partial charge in [0.05, 0.1) is 6.42 Å². The molecule has 0 unspecified atom stereocenters. The fourth-order valence-corrected chi connectivity index (χ4v) is 1.14. The summed E-state index contributed by atoms with van der Waals surface area (Å²) in [6.45, 7) is 0.984. The van der Waals surface area contributed by atoms with Crippen LogP contribution in [-0.2, 0) is 4.79 Å². The van der Waals surface area contributed by atoms with E-state index in [2.05, 4.69) is 5.32 Å². The maximum Gasteiger partial charge on any atom is 1.00 e. The lowest BCUT2D eigenvalue weighted by Crippen LogP contribution is -3.00. The molecule has 0 spiro atoms. The van der Waals surface area contributed by atoms with E-state index in [1.54, 1.807) is 0 Å². The summed E-state index contributed by atoms with van der Waals surface area (Å²) >= 11 is 0. The molecule has 0 aromatic rings. The van der Waals surface area contributed by atoms with Gasteiger partial charge >= 0.3 is 7.40 Å². The lowest BCUT2D eigenvalue weighted by molar-refractivity contribution is -0.137. The van der Waals surface area contributed by atoms with Gasteiger partial charge in [0.15, 0.2) is 0 Å². The Morgan fingerprint density at radius 1 is 1.80 bits per heavy atom. The van der Waals surface area contributed by atoms with E-state index < -0.39 is 5.97 Å². The number of rotatable bonds is 2. The fraction of sp³-hybridized carbons (Fsp3) is 0.833. The summed E-state index contributed by atoms with van der Waals surface area (Å²) in [5.74, 6) is -0.700. The Labute approximate surface area is 67.7 Å². The minimum Gasteiger partial charge on any atom is -1.00 e. The SMILES string of the molecule is O=C(O)C[C@@H]1CCCN1.[Cl-].[H+]. The molecule has 1 fully saturated rings. The van der Waals surface area contributed by atoms with Crippen molar-refractivity contribution in [3.8, 4) is 0 Å². The lowest BCUT2D eigenvalue weighted by Gasteiger charge is -2.03. The van der Waals surface area contributed by atoms with Crippen molar-refractivity contribution in [3.05, 3.63) is 0 Å². The van der Waals surface area contributed by atoms with E-state index in [9.17, 15) is 4.79 Å². The second-order valence-electron chi connectivity index (χ2n) is 2.39. The summed E-state index contributed by atoms with van der Waals surface area (Å²) in [7, 11) is 0. The van der Waals surface area contributed by atoms with E-state index >= 15 is 0 Å². The molecule has 0 aliphatic carbocycles. The molecule has 0 amide bonds. The third kappa shape index (κ3) is 3.03. The van der Waals surface area contributed by atoms with Gasteiger partial charge in [-0.2, -0.15) is 0 Å². The summed E-state index contributed by atoms with van der Waals surface area (Å²) < 4.78 is 0. The fourth-order valence-electron chi connectivity index (χ4n) is 1.14. The molecule has 1 heterocycles. The molecule has 0 aromatic carbocycles. The van der Waals surface area contributed by atoms with E-state index in [1.807, 2.05) is 0 Å². The van der Waals surface area contributed by atoms with Crippen LogP contribution in [0.15, 0.2) is 0 Å². The monoisotopic (exact) mass is 165 g/mol. The van der Waals surface area contributed by atoms with Gasteiger partial charge in [-0.1, -0.05) is 0 Å². The second kappa shape index (κ2) is 4.52. The van der Waals surface area contributed by atoms with Crippen molar-refractivity contribution in [3.63, 3.8) is 0 Å². The first kappa shape index (κ1) is 9.72. The molecule has 1 aliphatic heterocycles. The Morgan fingerprint density at radius 2 is 2.50 bits per heavy atom. The molecular weight excluding hydrogens is 154 g/mol. The number of aliphatic carboxylic acids is 1. The van der Waals surface area contributed by atoms with Gasteiger partial charge in [-0.05, 0) is 19.4 Å². The third-order valence-electron chi connectivity index (χ3n) is 1.58. The van der Waals surface area contributed by atoms with Crippen LogP contribution in [0.25, 0.3) is 0 Å². The van der Waals surface area contributed by atoms with Crippen LogP contribution < -0.4 is 17.7 Å². The predicted octanol–water partition coefficient (Wildman–Crippen LogP) is -2.67. The van der Waals surface area contributed by atoms with Crippen LogP contribution in [0.4, 0.5) is 0 Å². The largest absolute Gasteiger partial charge is 1.00 e. The summed E-state index contributed by atoms with van der Waals surface area (Å²) in [5.41, 5.74) is 0. The standard InChI is InChI=1S/C6H11NO2.ClH/c8-6(9)4-5-2-1-3-7-5;/h5,7H,1-4H2,(H,8,9);1H/t5-;/m0./s1. The van der Waals surface area contributed by atoms with E-state index in [4.69, 9.17) is 5.11 Å². The highest BCUT2D eigenvalue weighted by Crippen LogP contribution is 2.07. The maximum absolute atomic E-state index is 10.1. The van der Waals surface area contributed by atoms with Gasteiger partial charge in [-0.25, -0.2) is 0 Å². The summed E-state index contributed by atoms with van der Waals surface area (Å²) in [5, 5.41) is 11.4. The summed E-state index contributed by atoms with van der Waals surface area (Å²) in [4.78, 5) is 10.1. The Hall–Kier alpha value is -0.280. The molecule has 4 heteroatoms. The number of nitrogens with one attached hydrogen (secondary N) is 1. The van der Waals surface area contributed by atoms with Crippen molar-refractivity contribution in [2.45, 2.75) is 25.3 Å². The molecule has 0 bridgehead atoms. The lowest BCUT2D eigenvalue weighted by atomic mass is 10.2. The second-order valence-corrected chi connectivity index (χ2v) is 2.39. The molecule has 3 nitrogen and oxygen atoms in total. The minimum atomic E-state index is -0.700. The van der Waals surface area contributed by atoms with Gasteiger partial charge in [0.2, 0.25) is 0 Å². The zero-order chi connectivity index (χ0) is 6.69. The van der Waals surface area contributed by atoms with Crippen molar-refractivity contribution in [2.75, 3.05) is 6.54 Å². The van der Waals surface area contributed by atoms with Crippen LogP contribution in [0.3, 0.4) is 0 Å². The van der Waals surface area contributed by atoms with Gasteiger partial charge in [0, 0.05) is 6.04 Å². The van der Waals surface area contributed by atoms with Crippen molar-refractivity contribution in [2.24, 2.45) is 0 Å². The molecule has 0 aromatic heterocycles. The molecule has 1 atom stereocenters.